The number of anilines is 1. The Morgan fingerprint density at radius 2 is 1.38 bits per heavy atom. The predicted molar refractivity (Wildman–Crippen MR) is 260 cm³/mol. The minimum Gasteiger partial charge on any atom is -0.480 e. The van der Waals surface area contributed by atoms with Crippen molar-refractivity contribution in [3.63, 3.8) is 0 Å². The molecule has 10 N–H and O–H groups in total. The van der Waals surface area contributed by atoms with Gasteiger partial charge in [0.2, 0.25) is 35.4 Å². The number of aliphatic carboxylic acids is 2. The number of amides is 7. The Hall–Kier alpha value is -7.68. The number of likely N-dealkylation sites (N-methyl/N-ethyl adjacent to an activating group) is 1. The van der Waals surface area contributed by atoms with Crippen LogP contribution in [0.15, 0.2) is 90.7 Å². The van der Waals surface area contributed by atoms with E-state index >= 15 is 0 Å². The van der Waals surface area contributed by atoms with E-state index in [0.717, 1.165) is 17.4 Å². The van der Waals surface area contributed by atoms with Gasteiger partial charge in [0, 0.05) is 44.2 Å². The van der Waals surface area contributed by atoms with E-state index in [0.29, 0.717) is 12.0 Å². The van der Waals surface area contributed by atoms with Gasteiger partial charge in [0.15, 0.2) is 5.78 Å². The second-order valence-electron chi connectivity index (χ2n) is 17.6. The van der Waals surface area contributed by atoms with Gasteiger partial charge in [0.25, 0.3) is 5.91 Å². The monoisotopic (exact) mass is 986 g/mol. The Labute approximate surface area is 412 Å². The number of carboxylic acid groups (broad SMARTS) is 2. The molecule has 0 bridgehead atoms. The molecule has 2 aromatic rings. The Morgan fingerprint density at radius 1 is 0.789 bits per heavy atom. The smallest absolute Gasteiger partial charge is 0.327 e. The van der Waals surface area contributed by atoms with E-state index in [-0.39, 0.29) is 23.3 Å². The van der Waals surface area contributed by atoms with Crippen LogP contribution < -0.4 is 37.6 Å². The highest BCUT2D eigenvalue weighted by molar-refractivity contribution is 6.05. The molecule has 10 atom stereocenters. The topological polar surface area (TPSA) is 322 Å². The number of carbonyl (C=O) groups is 10. The molecule has 1 heterocycles. The van der Waals surface area contributed by atoms with Crippen molar-refractivity contribution in [2.45, 2.75) is 110 Å². The summed E-state index contributed by atoms with van der Waals surface area (Å²) in [5.74, 6) is -13.6. The molecule has 1 saturated heterocycles. The summed E-state index contributed by atoms with van der Waals surface area (Å²) in [4.78, 5) is 135. The van der Waals surface area contributed by atoms with Gasteiger partial charge in [0.05, 0.1) is 24.0 Å². The second kappa shape index (κ2) is 26.9. The van der Waals surface area contributed by atoms with Gasteiger partial charge in [-0.15, -0.1) is 0 Å². The second-order valence-corrected chi connectivity index (χ2v) is 17.6. The lowest BCUT2D eigenvalue weighted by Gasteiger charge is -2.27. The zero-order chi connectivity index (χ0) is 53.3. The van der Waals surface area contributed by atoms with E-state index in [9.17, 15) is 58.2 Å². The van der Waals surface area contributed by atoms with E-state index in [2.05, 4.69) is 38.5 Å². The molecule has 21 nitrogen and oxygen atoms in total. The van der Waals surface area contributed by atoms with Crippen LogP contribution in [0.3, 0.4) is 0 Å². The van der Waals surface area contributed by atoms with Crippen LogP contribution in [0.25, 0.3) is 0 Å². The number of hydrogen-bond donors (Lipinski definition) is 9. The third-order valence-corrected chi connectivity index (χ3v) is 12.1. The van der Waals surface area contributed by atoms with Crippen molar-refractivity contribution >= 4 is 64.8 Å². The van der Waals surface area contributed by atoms with Gasteiger partial charge < -0.3 is 57.5 Å². The maximum absolute atomic E-state index is 13.9. The predicted octanol–water partition coefficient (Wildman–Crippen LogP) is 1.39. The molecular formula is C50H66N8O13. The quantitative estimate of drug-likeness (QED) is 0.0629. The summed E-state index contributed by atoms with van der Waals surface area (Å²) >= 11 is 0. The number of nitrogen functional groups attached to an aromatic ring is 1. The number of methoxy groups -OCH3 is 1. The molecule has 1 aliphatic heterocycles. The van der Waals surface area contributed by atoms with E-state index in [1.54, 1.807) is 26.2 Å². The normalized spacial score (nSPS) is 25.2. The van der Waals surface area contributed by atoms with Gasteiger partial charge in [-0.2, -0.15) is 0 Å². The first-order chi connectivity index (χ1) is 33.4. The van der Waals surface area contributed by atoms with Gasteiger partial charge in [-0.3, -0.25) is 38.4 Å². The molecule has 0 aromatic heterocycles. The van der Waals surface area contributed by atoms with E-state index in [1.807, 2.05) is 43.3 Å². The molecule has 1 aliphatic rings. The SMILES string of the molecule is C=C1C(=O)N[C@H](C)C(=O)N[C@@H](CC(=O)c2ccccc2N)C(=O)N[C@@H](C(=O)O)[C@H](C)C(=O)N[C@@H](C)C(=O)N[C@@H](C=C/C(C)=C/[C@H](C)[C@H](Cc2ccccc2)OC)[C@H](C)C(=O)N[C@@H](C(=O)O)CCC(=O)N1C. The Balaban J connectivity index is 2.04. The van der Waals surface area contributed by atoms with Gasteiger partial charge in [-0.05, 0) is 51.3 Å². The highest BCUT2D eigenvalue weighted by Crippen LogP contribution is 2.19. The van der Waals surface area contributed by atoms with E-state index in [4.69, 9.17) is 10.5 Å². The van der Waals surface area contributed by atoms with Crippen molar-refractivity contribution in [1.82, 2.24) is 36.8 Å². The molecule has 21 heteroatoms. The number of nitrogens with one attached hydrogen (secondary N) is 6. The minimum atomic E-state index is -2.00. The molecule has 0 aliphatic carbocycles. The average molecular weight is 987 g/mol. The van der Waals surface area contributed by atoms with Crippen LogP contribution in [-0.2, 0) is 54.3 Å². The lowest BCUT2D eigenvalue weighted by Crippen LogP contribution is -2.59. The molecule has 71 heavy (non-hydrogen) atoms. The van der Waals surface area contributed by atoms with Crippen molar-refractivity contribution in [3.8, 4) is 0 Å². The first-order valence-corrected chi connectivity index (χ1v) is 22.9. The van der Waals surface area contributed by atoms with Crippen molar-refractivity contribution in [1.29, 1.82) is 0 Å². The molecule has 0 saturated carbocycles. The number of para-hydroxylation sites is 1. The fourth-order valence-electron chi connectivity index (χ4n) is 7.37. The lowest BCUT2D eigenvalue weighted by atomic mass is 9.94. The lowest BCUT2D eigenvalue weighted by molar-refractivity contribution is -0.146. The number of hydrogen-bond acceptors (Lipinski definition) is 12. The van der Waals surface area contributed by atoms with Crippen LogP contribution in [0.4, 0.5) is 5.69 Å². The summed E-state index contributed by atoms with van der Waals surface area (Å²) in [6.45, 7) is 12.4. The van der Waals surface area contributed by atoms with Crippen LogP contribution in [0.1, 0.15) is 76.7 Å². The standard InChI is InChI=1S/C50H66N8O13/c1-26(23-27(2)40(71-9)24-33-15-11-10-12-16-33)19-20-36-28(3)43(61)55-37(49(67)68)21-22-41(60)58(8)32(7)47(65)53-31(6)46(64)56-38(25-39(59)34-17-13-14-18-35(34)51)48(66)57-42(50(69)70)29(4)44(62)52-30(5)45(63)54-36/h10-20,23,27-31,36-38,40,42H,7,21-22,24-25,51H2,1-6,8-9H3,(H,52,62)(H,53,65)(H,54,63)(H,55,61)(H,56,64)(H,57,66)(H,67,68)(H,69,70)/b20-19?,26-23+/t27-,28-,29-,30-,31+,36-,37+,38-,40-,42+/m0/s1. The number of nitrogens with zero attached hydrogens (tertiary/aromatic N) is 1. The molecule has 0 unspecified atom stereocenters. The summed E-state index contributed by atoms with van der Waals surface area (Å²) in [5, 5.41) is 34.7. The molecule has 1 fully saturated rings. The van der Waals surface area contributed by atoms with Gasteiger partial charge in [-0.1, -0.05) is 93.6 Å². The zero-order valence-corrected chi connectivity index (χ0v) is 41.1. The Morgan fingerprint density at radius 3 is 1.99 bits per heavy atom. The summed E-state index contributed by atoms with van der Waals surface area (Å²) < 4.78 is 5.78. The summed E-state index contributed by atoms with van der Waals surface area (Å²) in [7, 11) is 2.78. The zero-order valence-electron chi connectivity index (χ0n) is 41.1. The van der Waals surface area contributed by atoms with E-state index in [1.165, 1.54) is 52.1 Å². The molecule has 384 valence electrons. The van der Waals surface area contributed by atoms with Crippen LogP contribution in [-0.4, -0.2) is 131 Å². The molecule has 7 amide bonds. The number of nitrogens with two attached hydrogens (primary N) is 1. The fourth-order valence-corrected chi connectivity index (χ4v) is 7.37. The average Bonchev–Trinajstić information content (AvgIpc) is 3.32. The number of ketones is 1. The Kier molecular flexibility index (Phi) is 21.8. The number of rotatable bonds is 12. The van der Waals surface area contributed by atoms with Crippen LogP contribution in [0.2, 0.25) is 0 Å². The largest absolute Gasteiger partial charge is 0.480 e. The van der Waals surface area contributed by atoms with Crippen LogP contribution >= 0.6 is 0 Å². The molecular weight excluding hydrogens is 921 g/mol. The van der Waals surface area contributed by atoms with Gasteiger partial charge in [-0.25, -0.2) is 9.59 Å². The van der Waals surface area contributed by atoms with Gasteiger partial charge in [0.1, 0.15) is 35.9 Å². The molecule has 0 spiro atoms. The van der Waals surface area contributed by atoms with Gasteiger partial charge >= 0.3 is 11.9 Å². The maximum Gasteiger partial charge on any atom is 0.327 e. The summed E-state index contributed by atoms with van der Waals surface area (Å²) in [6.07, 6.45) is 3.77. The van der Waals surface area contributed by atoms with Crippen molar-refractivity contribution in [3.05, 3.63) is 102 Å². The number of carboxylic acids is 2. The summed E-state index contributed by atoms with van der Waals surface area (Å²) in [6, 6.07) is 6.14. The van der Waals surface area contributed by atoms with Crippen molar-refractivity contribution < 1.29 is 62.9 Å². The number of benzene rings is 2. The highest BCUT2D eigenvalue weighted by atomic mass is 16.5. The van der Waals surface area contributed by atoms with Crippen molar-refractivity contribution in [2.75, 3.05) is 19.9 Å². The third-order valence-electron chi connectivity index (χ3n) is 12.1. The number of carbonyl (C=O) groups excluding carboxylic acids is 8. The number of Topliss-reactive ketones (excluding diaryl/α,β-unsaturated/α-hetero) is 1. The van der Waals surface area contributed by atoms with Crippen LogP contribution in [0, 0.1) is 17.8 Å². The summed E-state index contributed by atoms with van der Waals surface area (Å²) in [5.41, 5.74) is 7.30. The van der Waals surface area contributed by atoms with Crippen molar-refractivity contribution in [2.24, 2.45) is 17.8 Å². The molecule has 0 radical (unpaired) electrons. The van der Waals surface area contributed by atoms with Crippen LogP contribution in [0.5, 0.6) is 0 Å². The first-order valence-electron chi connectivity index (χ1n) is 22.9. The third kappa shape index (κ3) is 17.1. The first kappa shape index (κ1) is 57.6. The minimum absolute atomic E-state index is 0.0204. The maximum atomic E-state index is 13.9. The molecule has 2 aromatic carbocycles. The fraction of sp³-hybridized carbons (Fsp3) is 0.440. The number of ether oxygens (including phenoxy) is 1. The Bertz CT molecular complexity index is 2390. The highest BCUT2D eigenvalue weighted by Gasteiger charge is 2.37. The molecule has 3 rings (SSSR count). The van der Waals surface area contributed by atoms with E-state index < -0.39 is 132 Å². The number of allylic oxidation sites excluding steroid dienone is 2.